The van der Waals surface area contributed by atoms with Crippen LogP contribution in [0.2, 0.25) is 0 Å². The van der Waals surface area contributed by atoms with Crippen LogP contribution < -0.4 is 9.47 Å². The lowest BCUT2D eigenvalue weighted by atomic mass is 10.1. The van der Waals surface area contributed by atoms with Crippen LogP contribution in [0, 0.1) is 0 Å². The van der Waals surface area contributed by atoms with Gasteiger partial charge in [-0.05, 0) is 43.2 Å². The summed E-state index contributed by atoms with van der Waals surface area (Å²) in [5.41, 5.74) is 2.42. The van der Waals surface area contributed by atoms with Crippen LogP contribution in [0.25, 0.3) is 11.1 Å². The fourth-order valence-corrected chi connectivity index (χ4v) is 2.26. The highest BCUT2D eigenvalue weighted by atomic mass is 16.6. The molecule has 118 valence electrons. The fourth-order valence-electron chi connectivity index (χ4n) is 2.26. The number of hydrogen-bond acceptors (Lipinski definition) is 5. The average Bonchev–Trinajstić information content (AvgIpc) is 2.96. The number of ketones is 1. The van der Waals surface area contributed by atoms with E-state index < -0.39 is 0 Å². The molecule has 0 unspecified atom stereocenters. The van der Waals surface area contributed by atoms with Crippen LogP contribution in [0.3, 0.4) is 0 Å². The summed E-state index contributed by atoms with van der Waals surface area (Å²) < 4.78 is 16.6. The van der Waals surface area contributed by atoms with Gasteiger partial charge in [0.15, 0.2) is 17.1 Å². The number of aryl methyl sites for hydroxylation is 1. The molecule has 2 aromatic carbocycles. The average molecular weight is 311 g/mol. The summed E-state index contributed by atoms with van der Waals surface area (Å²) in [5, 5.41) is 0. The number of fused-ring (bicyclic) bond motifs is 1. The second-order valence-electron chi connectivity index (χ2n) is 5.24. The van der Waals surface area contributed by atoms with E-state index in [1.165, 1.54) is 0 Å². The quantitative estimate of drug-likeness (QED) is 0.684. The fraction of sp³-hybridized carbons (Fsp3) is 0.222. The SMILES string of the molecule is COc1cc(CCC(C)=O)ccc1Oc1nc2ccccc2o1. The zero-order chi connectivity index (χ0) is 16.2. The zero-order valence-corrected chi connectivity index (χ0v) is 13.0. The van der Waals surface area contributed by atoms with Gasteiger partial charge in [-0.1, -0.05) is 18.2 Å². The second kappa shape index (κ2) is 6.52. The Hall–Kier alpha value is -2.82. The molecule has 0 amide bonds. The number of hydrogen-bond donors (Lipinski definition) is 0. The van der Waals surface area contributed by atoms with E-state index in [1.54, 1.807) is 20.1 Å². The molecule has 1 aromatic heterocycles. The number of Topliss-reactive ketones (excluding diaryl/α,β-unsaturated/α-hetero) is 1. The molecule has 0 atom stereocenters. The monoisotopic (exact) mass is 311 g/mol. The number of carbonyl (C=O) groups is 1. The Kier molecular flexibility index (Phi) is 4.28. The first-order valence-corrected chi connectivity index (χ1v) is 7.35. The maximum Gasteiger partial charge on any atom is 0.400 e. The number of ether oxygens (including phenoxy) is 2. The van der Waals surface area contributed by atoms with Gasteiger partial charge in [-0.2, -0.15) is 4.98 Å². The Labute approximate surface area is 133 Å². The van der Waals surface area contributed by atoms with Crippen LogP contribution in [0.5, 0.6) is 17.6 Å². The summed E-state index contributed by atoms with van der Waals surface area (Å²) in [7, 11) is 1.57. The van der Waals surface area contributed by atoms with Gasteiger partial charge in [-0.25, -0.2) is 0 Å². The molecule has 5 heteroatoms. The van der Waals surface area contributed by atoms with Crippen molar-refractivity contribution in [2.75, 3.05) is 7.11 Å². The molecule has 0 fully saturated rings. The van der Waals surface area contributed by atoms with E-state index >= 15 is 0 Å². The summed E-state index contributed by atoms with van der Waals surface area (Å²) in [6.45, 7) is 1.59. The third-order valence-electron chi connectivity index (χ3n) is 3.47. The number of para-hydroxylation sites is 2. The number of nitrogens with zero attached hydrogens (tertiary/aromatic N) is 1. The van der Waals surface area contributed by atoms with E-state index in [0.717, 1.165) is 11.1 Å². The molecule has 0 aliphatic heterocycles. The molecular weight excluding hydrogens is 294 g/mol. The van der Waals surface area contributed by atoms with Crippen molar-refractivity contribution >= 4 is 16.9 Å². The standard InChI is InChI=1S/C18H17NO4/c1-12(20)7-8-13-9-10-16(17(11-13)21-2)23-18-19-14-5-3-4-6-15(14)22-18/h3-6,9-11H,7-8H2,1-2H3. The summed E-state index contributed by atoms with van der Waals surface area (Å²) >= 11 is 0. The lowest BCUT2D eigenvalue weighted by Gasteiger charge is -2.09. The van der Waals surface area contributed by atoms with Crippen LogP contribution >= 0.6 is 0 Å². The molecule has 0 saturated carbocycles. The zero-order valence-electron chi connectivity index (χ0n) is 13.0. The highest BCUT2D eigenvalue weighted by Crippen LogP contribution is 2.33. The molecule has 0 aliphatic rings. The highest BCUT2D eigenvalue weighted by Gasteiger charge is 2.12. The smallest absolute Gasteiger partial charge is 0.400 e. The molecule has 0 bridgehead atoms. The van der Waals surface area contributed by atoms with Gasteiger partial charge in [0.25, 0.3) is 0 Å². The molecule has 0 N–H and O–H groups in total. The Bertz CT molecular complexity index is 805. The minimum atomic E-state index is 0.163. The van der Waals surface area contributed by atoms with Crippen molar-refractivity contribution in [2.24, 2.45) is 0 Å². The predicted molar refractivity (Wildman–Crippen MR) is 86.1 cm³/mol. The Morgan fingerprint density at radius 2 is 2.00 bits per heavy atom. The maximum atomic E-state index is 11.1. The molecular formula is C18H17NO4. The van der Waals surface area contributed by atoms with Crippen molar-refractivity contribution < 1.29 is 18.7 Å². The van der Waals surface area contributed by atoms with E-state index in [2.05, 4.69) is 4.98 Å². The van der Waals surface area contributed by atoms with Gasteiger partial charge in [0.05, 0.1) is 7.11 Å². The van der Waals surface area contributed by atoms with E-state index in [0.29, 0.717) is 29.9 Å². The normalized spacial score (nSPS) is 10.7. The summed E-state index contributed by atoms with van der Waals surface area (Å²) in [4.78, 5) is 15.4. The molecule has 3 rings (SSSR count). The molecule has 5 nitrogen and oxygen atoms in total. The van der Waals surface area contributed by atoms with Crippen molar-refractivity contribution in [1.82, 2.24) is 4.98 Å². The molecule has 1 heterocycles. The van der Waals surface area contributed by atoms with Gasteiger partial charge < -0.3 is 18.7 Å². The molecule has 0 aliphatic carbocycles. The predicted octanol–water partition coefficient (Wildman–Crippen LogP) is 4.15. The number of rotatable bonds is 6. The highest BCUT2D eigenvalue weighted by molar-refractivity contribution is 5.75. The van der Waals surface area contributed by atoms with Gasteiger partial charge in [0.2, 0.25) is 0 Å². The van der Waals surface area contributed by atoms with Crippen LogP contribution in [0.15, 0.2) is 46.9 Å². The number of oxazole rings is 1. The van der Waals surface area contributed by atoms with Gasteiger partial charge in [0, 0.05) is 6.42 Å². The van der Waals surface area contributed by atoms with Gasteiger partial charge in [0.1, 0.15) is 11.3 Å². The summed E-state index contributed by atoms with van der Waals surface area (Å²) in [6, 6.07) is 13.0. The van der Waals surface area contributed by atoms with E-state index in [1.807, 2.05) is 36.4 Å². The molecule has 3 aromatic rings. The molecule has 0 spiro atoms. The third-order valence-corrected chi connectivity index (χ3v) is 3.47. The number of methoxy groups -OCH3 is 1. The van der Waals surface area contributed by atoms with Crippen molar-refractivity contribution in [1.29, 1.82) is 0 Å². The first-order valence-electron chi connectivity index (χ1n) is 7.35. The molecule has 0 saturated heterocycles. The number of aromatic nitrogens is 1. The molecule has 0 radical (unpaired) electrons. The minimum Gasteiger partial charge on any atom is -0.493 e. The van der Waals surface area contributed by atoms with Crippen LogP contribution in [0.4, 0.5) is 0 Å². The van der Waals surface area contributed by atoms with E-state index in [4.69, 9.17) is 13.9 Å². The summed E-state index contributed by atoms with van der Waals surface area (Å²) in [6.07, 6.45) is 1.35. The molecule has 23 heavy (non-hydrogen) atoms. The Balaban J connectivity index is 1.82. The van der Waals surface area contributed by atoms with Crippen LogP contribution in [-0.4, -0.2) is 17.9 Å². The topological polar surface area (TPSA) is 61.6 Å². The Morgan fingerprint density at radius 1 is 1.17 bits per heavy atom. The number of benzene rings is 2. The first kappa shape index (κ1) is 15.1. The van der Waals surface area contributed by atoms with Gasteiger partial charge >= 0.3 is 6.08 Å². The lowest BCUT2D eigenvalue weighted by Crippen LogP contribution is -1.96. The van der Waals surface area contributed by atoms with E-state index in [9.17, 15) is 4.79 Å². The number of carbonyl (C=O) groups excluding carboxylic acids is 1. The first-order chi connectivity index (χ1) is 11.2. The van der Waals surface area contributed by atoms with E-state index in [-0.39, 0.29) is 11.9 Å². The van der Waals surface area contributed by atoms with Gasteiger partial charge in [-0.3, -0.25) is 0 Å². The Morgan fingerprint density at radius 3 is 2.74 bits per heavy atom. The van der Waals surface area contributed by atoms with Crippen LogP contribution in [0.1, 0.15) is 18.9 Å². The van der Waals surface area contributed by atoms with Crippen molar-refractivity contribution in [2.45, 2.75) is 19.8 Å². The second-order valence-corrected chi connectivity index (χ2v) is 5.24. The maximum absolute atomic E-state index is 11.1. The third kappa shape index (κ3) is 3.51. The van der Waals surface area contributed by atoms with Crippen LogP contribution in [-0.2, 0) is 11.2 Å². The van der Waals surface area contributed by atoms with Crippen molar-refractivity contribution in [3.8, 4) is 17.6 Å². The largest absolute Gasteiger partial charge is 0.493 e. The van der Waals surface area contributed by atoms with Gasteiger partial charge in [-0.15, -0.1) is 0 Å². The van der Waals surface area contributed by atoms with Crippen molar-refractivity contribution in [3.63, 3.8) is 0 Å². The lowest BCUT2D eigenvalue weighted by molar-refractivity contribution is -0.116. The summed E-state index contributed by atoms with van der Waals surface area (Å²) in [5.74, 6) is 1.26. The van der Waals surface area contributed by atoms with Crippen molar-refractivity contribution in [3.05, 3.63) is 48.0 Å². The minimum absolute atomic E-state index is 0.163.